The van der Waals surface area contributed by atoms with E-state index in [1.54, 1.807) is 36.4 Å². The van der Waals surface area contributed by atoms with Crippen LogP contribution < -0.4 is 15.4 Å². The summed E-state index contributed by atoms with van der Waals surface area (Å²) in [6.07, 6.45) is -4.73. The molecular formula is C28H23F3N2O6S. The molecule has 0 aromatic heterocycles. The predicted octanol–water partition coefficient (Wildman–Crippen LogP) is 4.65. The molecule has 3 amide bonds. The molecule has 0 spiro atoms. The molecule has 3 aromatic carbocycles. The third-order valence-corrected chi connectivity index (χ3v) is 7.22. The number of carbonyl (C=O) groups is 4. The highest BCUT2D eigenvalue weighted by Crippen LogP contribution is 2.38. The van der Waals surface area contributed by atoms with Crippen LogP contribution in [0.25, 0.3) is 0 Å². The number of halogens is 3. The van der Waals surface area contributed by atoms with Crippen molar-refractivity contribution in [2.24, 2.45) is 0 Å². The molecule has 4 rings (SSSR count). The Hall–Kier alpha value is -4.32. The van der Waals surface area contributed by atoms with Gasteiger partial charge in [-0.3, -0.25) is 19.7 Å². The van der Waals surface area contributed by atoms with E-state index in [-0.39, 0.29) is 30.9 Å². The third kappa shape index (κ3) is 6.45. The number of imide groups is 1. The Morgan fingerprint density at radius 3 is 2.23 bits per heavy atom. The molecule has 0 radical (unpaired) electrons. The molecule has 3 aromatic rings. The average Bonchev–Trinajstić information content (AvgIpc) is 3.23. The smallest absolute Gasteiger partial charge is 0.416 e. The van der Waals surface area contributed by atoms with Crippen LogP contribution >= 0.6 is 11.8 Å². The number of amides is 3. The minimum atomic E-state index is -4.47. The molecule has 1 heterocycles. The summed E-state index contributed by atoms with van der Waals surface area (Å²) in [5.74, 6) is -2.15. The number of ether oxygens (including phenoxy) is 2. The van der Waals surface area contributed by atoms with Gasteiger partial charge >= 0.3 is 12.1 Å². The zero-order chi connectivity index (χ0) is 28.9. The number of nitrogens with one attached hydrogen (secondary N) is 2. The number of methoxy groups -OCH3 is 1. The second kappa shape index (κ2) is 11.8. The number of benzene rings is 3. The Morgan fingerprint density at radius 2 is 1.62 bits per heavy atom. The molecular weight excluding hydrogens is 549 g/mol. The molecule has 208 valence electrons. The number of hydrogen-bond donors (Lipinski definition) is 2. The summed E-state index contributed by atoms with van der Waals surface area (Å²) in [5, 5.41) is 4.05. The zero-order valence-corrected chi connectivity index (χ0v) is 21.9. The van der Waals surface area contributed by atoms with Gasteiger partial charge in [-0.1, -0.05) is 48.5 Å². The fraction of sp³-hybridized carbons (Fsp3) is 0.214. The van der Waals surface area contributed by atoms with Crippen LogP contribution in [0, 0.1) is 0 Å². The van der Waals surface area contributed by atoms with Gasteiger partial charge in [-0.15, -0.1) is 0 Å². The van der Waals surface area contributed by atoms with Gasteiger partial charge in [0.1, 0.15) is 12.4 Å². The van der Waals surface area contributed by atoms with Crippen molar-refractivity contribution < 1.29 is 41.8 Å². The second-order valence-electron chi connectivity index (χ2n) is 8.82. The summed E-state index contributed by atoms with van der Waals surface area (Å²) in [6.45, 7) is -0.170. The lowest BCUT2D eigenvalue weighted by Crippen LogP contribution is -2.46. The van der Waals surface area contributed by atoms with Crippen LogP contribution in [-0.2, 0) is 40.1 Å². The molecule has 0 bridgehead atoms. The number of rotatable bonds is 9. The summed E-state index contributed by atoms with van der Waals surface area (Å²) in [6, 6.07) is 17.6. The van der Waals surface area contributed by atoms with Gasteiger partial charge in [-0.05, 0) is 52.7 Å². The van der Waals surface area contributed by atoms with Gasteiger partial charge in [0, 0.05) is 13.0 Å². The highest BCUT2D eigenvalue weighted by molar-refractivity contribution is 8.16. The Morgan fingerprint density at radius 1 is 0.950 bits per heavy atom. The SMILES string of the molecule is COc1ccc(CC2(C(=O)OCc3ccccc3)SC(=O)NC2=O)cc1C(=O)NCc1ccc(C(F)(F)F)cc1. The lowest BCUT2D eigenvalue weighted by atomic mass is 9.95. The summed E-state index contributed by atoms with van der Waals surface area (Å²) in [7, 11) is 1.35. The van der Waals surface area contributed by atoms with Crippen LogP contribution in [0.3, 0.4) is 0 Å². The van der Waals surface area contributed by atoms with Crippen molar-refractivity contribution in [2.45, 2.75) is 30.5 Å². The molecule has 2 N–H and O–H groups in total. The minimum Gasteiger partial charge on any atom is -0.496 e. The first-order valence-corrected chi connectivity index (χ1v) is 12.7. The topological polar surface area (TPSA) is 111 Å². The number of alkyl halides is 3. The van der Waals surface area contributed by atoms with Crippen LogP contribution in [0.1, 0.15) is 32.6 Å². The maximum Gasteiger partial charge on any atom is 0.416 e. The lowest BCUT2D eigenvalue weighted by molar-refractivity contribution is -0.150. The van der Waals surface area contributed by atoms with Crippen LogP contribution in [0.5, 0.6) is 5.75 Å². The Labute approximate surface area is 231 Å². The van der Waals surface area contributed by atoms with E-state index >= 15 is 0 Å². The standard InChI is InChI=1S/C28H23F3N2O6S/c1-38-22-12-9-19(13-21(22)23(34)32-15-17-7-10-20(11-8-17)28(29,30)31)14-27(24(35)33-26(37)40-27)25(36)39-16-18-5-3-2-4-6-18/h2-13H,14-16H2,1H3,(H,32,34)(H,33,35,37). The zero-order valence-electron chi connectivity index (χ0n) is 21.0. The van der Waals surface area contributed by atoms with Crippen LogP contribution in [0.15, 0.2) is 72.8 Å². The Balaban J connectivity index is 1.52. The lowest BCUT2D eigenvalue weighted by Gasteiger charge is -2.23. The minimum absolute atomic E-state index is 0.0626. The molecule has 0 saturated carbocycles. The maximum absolute atomic E-state index is 13.2. The largest absolute Gasteiger partial charge is 0.496 e. The van der Waals surface area contributed by atoms with Crippen molar-refractivity contribution in [3.8, 4) is 5.75 Å². The molecule has 12 heteroatoms. The first kappa shape index (κ1) is 28.7. The molecule has 0 aliphatic carbocycles. The number of hydrogen-bond acceptors (Lipinski definition) is 7. The highest BCUT2D eigenvalue weighted by atomic mass is 32.2. The molecule has 8 nitrogen and oxygen atoms in total. The molecule has 1 fully saturated rings. The quantitative estimate of drug-likeness (QED) is 0.284. The fourth-order valence-electron chi connectivity index (χ4n) is 4.01. The van der Waals surface area contributed by atoms with Gasteiger partial charge in [0.15, 0.2) is 0 Å². The average molecular weight is 573 g/mol. The number of thioether (sulfide) groups is 1. The second-order valence-corrected chi connectivity index (χ2v) is 10.1. The van der Waals surface area contributed by atoms with Crippen LogP contribution in [0.4, 0.5) is 18.0 Å². The molecule has 1 saturated heterocycles. The van der Waals surface area contributed by atoms with E-state index in [4.69, 9.17) is 9.47 Å². The Bertz CT molecular complexity index is 1430. The van der Waals surface area contributed by atoms with Crippen molar-refractivity contribution in [3.05, 3.63) is 101 Å². The predicted molar refractivity (Wildman–Crippen MR) is 139 cm³/mol. The van der Waals surface area contributed by atoms with Gasteiger partial charge in [-0.25, -0.2) is 4.79 Å². The van der Waals surface area contributed by atoms with Gasteiger partial charge < -0.3 is 14.8 Å². The van der Waals surface area contributed by atoms with Crippen molar-refractivity contribution in [1.82, 2.24) is 10.6 Å². The van der Waals surface area contributed by atoms with Gasteiger partial charge in [0.05, 0.1) is 18.2 Å². The molecule has 40 heavy (non-hydrogen) atoms. The van der Waals surface area contributed by atoms with Crippen molar-refractivity contribution >= 4 is 34.8 Å². The van der Waals surface area contributed by atoms with E-state index in [1.165, 1.54) is 31.4 Å². The van der Waals surface area contributed by atoms with E-state index in [0.29, 0.717) is 28.5 Å². The summed E-state index contributed by atoms with van der Waals surface area (Å²) >= 11 is 0.508. The number of esters is 1. The van der Waals surface area contributed by atoms with E-state index in [0.717, 1.165) is 12.1 Å². The molecule has 1 atom stereocenters. The van der Waals surface area contributed by atoms with Gasteiger partial charge in [-0.2, -0.15) is 13.2 Å². The van der Waals surface area contributed by atoms with Gasteiger partial charge in [0.25, 0.3) is 17.1 Å². The fourth-order valence-corrected chi connectivity index (χ4v) is 4.99. The summed E-state index contributed by atoms with van der Waals surface area (Å²) < 4.78 is 47.2. The first-order valence-electron chi connectivity index (χ1n) is 11.9. The first-order chi connectivity index (χ1) is 19.0. The molecule has 1 unspecified atom stereocenters. The van der Waals surface area contributed by atoms with Crippen LogP contribution in [-0.4, -0.2) is 34.9 Å². The molecule has 1 aliphatic heterocycles. The van der Waals surface area contributed by atoms with Crippen molar-refractivity contribution in [3.63, 3.8) is 0 Å². The maximum atomic E-state index is 13.2. The van der Waals surface area contributed by atoms with Gasteiger partial charge in [0.2, 0.25) is 4.75 Å². The Kier molecular flexibility index (Phi) is 8.48. The summed E-state index contributed by atoms with van der Waals surface area (Å²) in [4.78, 5) is 51.1. The van der Waals surface area contributed by atoms with Crippen molar-refractivity contribution in [1.29, 1.82) is 0 Å². The molecule has 1 aliphatic rings. The van der Waals surface area contributed by atoms with E-state index in [1.807, 2.05) is 0 Å². The van der Waals surface area contributed by atoms with Crippen molar-refractivity contribution in [2.75, 3.05) is 7.11 Å². The van der Waals surface area contributed by atoms with Crippen LogP contribution in [0.2, 0.25) is 0 Å². The van der Waals surface area contributed by atoms with E-state index in [9.17, 15) is 32.3 Å². The van der Waals surface area contributed by atoms with E-state index in [2.05, 4.69) is 10.6 Å². The normalized spacial score (nSPS) is 16.8. The highest BCUT2D eigenvalue weighted by Gasteiger charge is 2.55. The monoisotopic (exact) mass is 572 g/mol. The van der Waals surface area contributed by atoms with E-state index < -0.39 is 39.5 Å². The number of carbonyl (C=O) groups excluding carboxylic acids is 4. The third-order valence-electron chi connectivity index (χ3n) is 6.09. The summed E-state index contributed by atoms with van der Waals surface area (Å²) in [5.41, 5.74) is 0.760.